The van der Waals surface area contributed by atoms with E-state index in [4.69, 9.17) is 4.42 Å². The fourth-order valence-electron chi connectivity index (χ4n) is 2.31. The number of carbonyl (C=O) groups is 1. The fraction of sp³-hybridized carbons (Fsp3) is 0.308. The van der Waals surface area contributed by atoms with Gasteiger partial charge in [-0.1, -0.05) is 18.2 Å². The summed E-state index contributed by atoms with van der Waals surface area (Å²) in [6, 6.07) is 7.92. The second-order valence-corrected chi connectivity index (χ2v) is 4.23. The molecule has 1 atom stereocenters. The van der Waals surface area contributed by atoms with Crippen LogP contribution in [0.25, 0.3) is 11.0 Å². The topological polar surface area (TPSA) is 45.5 Å². The number of carbonyl (C=O) groups excluding carboxylic acids is 1. The number of hydrogen-bond donors (Lipinski definition) is 1. The summed E-state index contributed by atoms with van der Waals surface area (Å²) in [5.41, 5.74) is 1.93. The van der Waals surface area contributed by atoms with Gasteiger partial charge in [0.15, 0.2) is 0 Å². The van der Waals surface area contributed by atoms with Gasteiger partial charge < -0.3 is 14.6 Å². The zero-order valence-electron chi connectivity index (χ0n) is 9.64. The van der Waals surface area contributed by atoms with E-state index in [1.807, 2.05) is 31.2 Å². The first-order chi connectivity index (χ1) is 8.29. The normalized spacial score (nSPS) is 19.9. The first kappa shape index (κ1) is 10.2. The Hall–Kier alpha value is -1.97. The molecule has 1 aromatic carbocycles. The van der Waals surface area contributed by atoms with E-state index in [9.17, 15) is 4.79 Å². The Kier molecular flexibility index (Phi) is 2.28. The molecule has 1 N–H and O–H groups in total. The van der Waals surface area contributed by atoms with Crippen LogP contribution >= 0.6 is 0 Å². The van der Waals surface area contributed by atoms with Crippen LogP contribution in [0.1, 0.15) is 18.5 Å². The Morgan fingerprint density at radius 1 is 1.47 bits per heavy atom. The quantitative estimate of drug-likeness (QED) is 0.861. The molecule has 0 radical (unpaired) electrons. The molecule has 1 aliphatic heterocycles. The molecule has 1 unspecified atom stereocenters. The van der Waals surface area contributed by atoms with Gasteiger partial charge in [-0.05, 0) is 13.0 Å². The van der Waals surface area contributed by atoms with Crippen molar-refractivity contribution in [3.8, 4) is 0 Å². The van der Waals surface area contributed by atoms with Gasteiger partial charge in [0.1, 0.15) is 5.58 Å². The summed E-state index contributed by atoms with van der Waals surface area (Å²) >= 11 is 0. The highest BCUT2D eigenvalue weighted by molar-refractivity contribution is 5.84. The number of likely N-dealkylation sites (N-methyl/N-ethyl adjacent to an activating group) is 1. The van der Waals surface area contributed by atoms with Crippen molar-refractivity contribution in [2.75, 3.05) is 13.1 Å². The highest BCUT2D eigenvalue weighted by atomic mass is 16.3. The van der Waals surface area contributed by atoms with Gasteiger partial charge in [0.05, 0.1) is 12.3 Å². The first-order valence-electron chi connectivity index (χ1n) is 5.81. The van der Waals surface area contributed by atoms with Crippen molar-refractivity contribution in [1.82, 2.24) is 10.2 Å². The molecular weight excluding hydrogens is 216 g/mol. The highest BCUT2D eigenvalue weighted by Gasteiger charge is 2.30. The summed E-state index contributed by atoms with van der Waals surface area (Å²) in [5, 5.41) is 4.06. The standard InChI is InChI=1S/C13H14N2O2/c1-2-15-7-11(14-13(15)16)10-8-17-12-6-4-3-5-9(10)12/h3-6,8,11H,2,7H2,1H3,(H,14,16). The number of rotatable bonds is 2. The van der Waals surface area contributed by atoms with E-state index < -0.39 is 0 Å². The molecule has 2 amide bonds. The molecule has 2 heterocycles. The summed E-state index contributed by atoms with van der Waals surface area (Å²) in [7, 11) is 0. The van der Waals surface area contributed by atoms with Gasteiger partial charge in [-0.2, -0.15) is 0 Å². The number of nitrogens with one attached hydrogen (secondary N) is 1. The van der Waals surface area contributed by atoms with Gasteiger partial charge in [-0.25, -0.2) is 4.79 Å². The van der Waals surface area contributed by atoms with Gasteiger partial charge >= 0.3 is 6.03 Å². The van der Waals surface area contributed by atoms with Crippen molar-refractivity contribution in [3.05, 3.63) is 36.1 Å². The monoisotopic (exact) mass is 230 g/mol. The highest BCUT2D eigenvalue weighted by Crippen LogP contribution is 2.29. The van der Waals surface area contributed by atoms with E-state index in [0.29, 0.717) is 6.54 Å². The predicted octanol–water partition coefficient (Wildman–Crippen LogP) is 2.52. The molecule has 4 nitrogen and oxygen atoms in total. The van der Waals surface area contributed by atoms with E-state index >= 15 is 0 Å². The number of urea groups is 1. The second-order valence-electron chi connectivity index (χ2n) is 4.23. The molecule has 2 aromatic rings. The van der Waals surface area contributed by atoms with E-state index in [2.05, 4.69) is 5.32 Å². The van der Waals surface area contributed by atoms with Crippen molar-refractivity contribution in [2.24, 2.45) is 0 Å². The van der Waals surface area contributed by atoms with Crippen LogP contribution in [0.5, 0.6) is 0 Å². The van der Waals surface area contributed by atoms with Gasteiger partial charge in [0.2, 0.25) is 0 Å². The fourth-order valence-corrected chi connectivity index (χ4v) is 2.31. The molecule has 0 saturated carbocycles. The number of furan rings is 1. The predicted molar refractivity (Wildman–Crippen MR) is 64.7 cm³/mol. The van der Waals surface area contributed by atoms with Crippen LogP contribution in [0.15, 0.2) is 34.9 Å². The van der Waals surface area contributed by atoms with Crippen LogP contribution in [0.2, 0.25) is 0 Å². The van der Waals surface area contributed by atoms with Gasteiger partial charge in [0, 0.05) is 24.0 Å². The second kappa shape index (κ2) is 3.80. The Labute approximate surface area is 99.2 Å². The minimum atomic E-state index is 0.00258. The summed E-state index contributed by atoms with van der Waals surface area (Å²) < 4.78 is 5.50. The van der Waals surface area contributed by atoms with Crippen LogP contribution in [-0.2, 0) is 0 Å². The molecule has 1 aliphatic rings. The van der Waals surface area contributed by atoms with Crippen LogP contribution < -0.4 is 5.32 Å². The summed E-state index contributed by atoms with van der Waals surface area (Å²) in [4.78, 5) is 13.4. The maximum atomic E-state index is 11.6. The Morgan fingerprint density at radius 2 is 2.29 bits per heavy atom. The average Bonchev–Trinajstić information content (AvgIpc) is 2.92. The molecule has 0 bridgehead atoms. The van der Waals surface area contributed by atoms with Crippen LogP contribution in [-0.4, -0.2) is 24.0 Å². The van der Waals surface area contributed by atoms with Crippen molar-refractivity contribution in [3.63, 3.8) is 0 Å². The van der Waals surface area contributed by atoms with Crippen LogP contribution in [0.4, 0.5) is 4.79 Å². The Bertz CT molecular complexity index is 561. The summed E-state index contributed by atoms with van der Waals surface area (Å²) in [6.45, 7) is 3.42. The lowest BCUT2D eigenvalue weighted by Crippen LogP contribution is -2.27. The van der Waals surface area contributed by atoms with E-state index in [0.717, 1.165) is 23.1 Å². The third kappa shape index (κ3) is 1.56. The smallest absolute Gasteiger partial charge is 0.318 e. The Morgan fingerprint density at radius 3 is 3.06 bits per heavy atom. The number of amides is 2. The number of para-hydroxylation sites is 1. The number of benzene rings is 1. The molecule has 0 spiro atoms. The van der Waals surface area contributed by atoms with Crippen molar-refractivity contribution >= 4 is 17.0 Å². The minimum absolute atomic E-state index is 0.00258. The number of hydrogen-bond acceptors (Lipinski definition) is 2. The lowest BCUT2D eigenvalue weighted by molar-refractivity contribution is 0.219. The molecule has 17 heavy (non-hydrogen) atoms. The SMILES string of the molecule is CCN1CC(c2coc3ccccc23)NC1=O. The average molecular weight is 230 g/mol. The van der Waals surface area contributed by atoms with Gasteiger partial charge in [0.25, 0.3) is 0 Å². The molecule has 88 valence electrons. The molecule has 0 aliphatic carbocycles. The summed E-state index contributed by atoms with van der Waals surface area (Å²) in [5.74, 6) is 0. The van der Waals surface area contributed by atoms with Crippen molar-refractivity contribution < 1.29 is 9.21 Å². The zero-order valence-corrected chi connectivity index (χ0v) is 9.64. The van der Waals surface area contributed by atoms with Crippen molar-refractivity contribution in [2.45, 2.75) is 13.0 Å². The third-order valence-electron chi connectivity index (χ3n) is 3.26. The lowest BCUT2D eigenvalue weighted by atomic mass is 10.1. The summed E-state index contributed by atoms with van der Waals surface area (Å²) in [6.07, 6.45) is 1.74. The third-order valence-corrected chi connectivity index (χ3v) is 3.26. The molecule has 4 heteroatoms. The molecule has 1 fully saturated rings. The molecule has 3 rings (SSSR count). The van der Waals surface area contributed by atoms with E-state index in [1.54, 1.807) is 11.2 Å². The number of fused-ring (bicyclic) bond motifs is 1. The maximum absolute atomic E-state index is 11.6. The van der Waals surface area contributed by atoms with Crippen LogP contribution in [0.3, 0.4) is 0 Å². The van der Waals surface area contributed by atoms with E-state index in [-0.39, 0.29) is 12.1 Å². The first-order valence-corrected chi connectivity index (χ1v) is 5.81. The lowest BCUT2D eigenvalue weighted by Gasteiger charge is -2.10. The van der Waals surface area contributed by atoms with Crippen LogP contribution in [0, 0.1) is 0 Å². The van der Waals surface area contributed by atoms with Crippen molar-refractivity contribution in [1.29, 1.82) is 0 Å². The Balaban J connectivity index is 1.97. The van der Waals surface area contributed by atoms with E-state index in [1.165, 1.54) is 0 Å². The molecule has 1 aromatic heterocycles. The minimum Gasteiger partial charge on any atom is -0.464 e. The zero-order chi connectivity index (χ0) is 11.8. The number of nitrogens with zero attached hydrogens (tertiary/aromatic N) is 1. The maximum Gasteiger partial charge on any atom is 0.318 e. The molecule has 1 saturated heterocycles. The largest absolute Gasteiger partial charge is 0.464 e. The van der Waals surface area contributed by atoms with Gasteiger partial charge in [-0.3, -0.25) is 0 Å². The van der Waals surface area contributed by atoms with Gasteiger partial charge in [-0.15, -0.1) is 0 Å². The molecular formula is C13H14N2O2.